The predicted octanol–water partition coefficient (Wildman–Crippen LogP) is 1.33. The first kappa shape index (κ1) is 11.1. The van der Waals surface area contributed by atoms with Crippen molar-refractivity contribution in [2.45, 2.75) is 6.92 Å². The molecule has 0 saturated heterocycles. The average molecular weight is 258 g/mol. The van der Waals surface area contributed by atoms with E-state index < -0.39 is 0 Å². The third kappa shape index (κ3) is 2.77. The monoisotopic (exact) mass is 257 g/mol. The van der Waals surface area contributed by atoms with Gasteiger partial charge in [0.05, 0.1) is 18.0 Å². The zero-order valence-electron chi connectivity index (χ0n) is 7.98. The quantitative estimate of drug-likeness (QED) is 0.765. The molecule has 4 nitrogen and oxygen atoms in total. The molecule has 0 spiro atoms. The van der Waals surface area contributed by atoms with Gasteiger partial charge in [0.2, 0.25) is 0 Å². The van der Waals surface area contributed by atoms with Crippen LogP contribution in [0.1, 0.15) is 17.3 Å². The highest BCUT2D eigenvalue weighted by Crippen LogP contribution is 2.02. The van der Waals surface area contributed by atoms with E-state index in [1.54, 1.807) is 11.0 Å². The molecule has 0 atom stereocenters. The summed E-state index contributed by atoms with van der Waals surface area (Å²) >= 11 is 3.31. The lowest BCUT2D eigenvalue weighted by atomic mass is 10.2. The zero-order chi connectivity index (χ0) is 10.4. The first-order valence-electron chi connectivity index (χ1n) is 4.41. The number of carbonyl (C=O) groups is 1. The molecule has 0 aromatic carbocycles. The number of nitrogens with zero attached hydrogens (tertiary/aromatic N) is 3. The van der Waals surface area contributed by atoms with Gasteiger partial charge in [-0.2, -0.15) is 10.2 Å². The van der Waals surface area contributed by atoms with Gasteiger partial charge in [-0.05, 0) is 13.0 Å². The summed E-state index contributed by atoms with van der Waals surface area (Å²) in [5.74, 6) is 0.00171. The summed E-state index contributed by atoms with van der Waals surface area (Å²) < 4.78 is 0. The Bertz CT molecular complexity index is 291. The van der Waals surface area contributed by atoms with Crippen LogP contribution in [-0.2, 0) is 0 Å². The lowest BCUT2D eigenvalue weighted by molar-refractivity contribution is 0.0774. The lowest BCUT2D eigenvalue weighted by Crippen LogP contribution is -2.32. The van der Waals surface area contributed by atoms with Gasteiger partial charge in [-0.15, -0.1) is 0 Å². The van der Waals surface area contributed by atoms with E-state index >= 15 is 0 Å². The third-order valence-corrected chi connectivity index (χ3v) is 2.21. The molecule has 1 aromatic heterocycles. The minimum absolute atomic E-state index is 0.00171. The number of alkyl halides is 1. The molecule has 1 rings (SSSR count). The van der Waals surface area contributed by atoms with Gasteiger partial charge in [-0.1, -0.05) is 15.9 Å². The van der Waals surface area contributed by atoms with Crippen LogP contribution in [0.25, 0.3) is 0 Å². The van der Waals surface area contributed by atoms with Gasteiger partial charge in [0, 0.05) is 18.4 Å². The summed E-state index contributed by atoms with van der Waals surface area (Å²) in [4.78, 5) is 13.6. The number of carbonyl (C=O) groups excluding carboxylic acids is 1. The first-order valence-corrected chi connectivity index (χ1v) is 5.53. The van der Waals surface area contributed by atoms with Crippen molar-refractivity contribution in [3.63, 3.8) is 0 Å². The summed E-state index contributed by atoms with van der Waals surface area (Å²) in [6, 6.07) is 1.67. The third-order valence-electron chi connectivity index (χ3n) is 1.85. The van der Waals surface area contributed by atoms with Crippen LogP contribution in [0.5, 0.6) is 0 Å². The molecule has 0 fully saturated rings. The van der Waals surface area contributed by atoms with Crippen LogP contribution in [0, 0.1) is 0 Å². The number of hydrogen-bond donors (Lipinski definition) is 0. The fraction of sp³-hybridized carbons (Fsp3) is 0.444. The predicted molar refractivity (Wildman–Crippen MR) is 57.4 cm³/mol. The van der Waals surface area contributed by atoms with Gasteiger partial charge < -0.3 is 4.90 Å². The van der Waals surface area contributed by atoms with Gasteiger partial charge in [-0.3, -0.25) is 4.79 Å². The standard InChI is InChI=1S/C9H12BrN3O/c1-2-13(6-4-10)9(14)8-3-5-11-12-7-8/h3,5,7H,2,4,6H2,1H3. The molecule has 1 amide bonds. The van der Waals surface area contributed by atoms with Crippen molar-refractivity contribution < 1.29 is 4.79 Å². The van der Waals surface area contributed by atoms with Gasteiger partial charge >= 0.3 is 0 Å². The molecular weight excluding hydrogens is 246 g/mol. The second-order valence-electron chi connectivity index (χ2n) is 2.70. The van der Waals surface area contributed by atoms with Crippen molar-refractivity contribution in [3.05, 3.63) is 24.0 Å². The van der Waals surface area contributed by atoms with Gasteiger partial charge in [0.1, 0.15) is 0 Å². The maximum atomic E-state index is 11.8. The van der Waals surface area contributed by atoms with Gasteiger partial charge in [0.25, 0.3) is 5.91 Å². The van der Waals surface area contributed by atoms with Crippen molar-refractivity contribution in [2.75, 3.05) is 18.4 Å². The molecule has 1 heterocycles. The van der Waals surface area contributed by atoms with E-state index in [9.17, 15) is 4.79 Å². The Hall–Kier alpha value is -0.970. The zero-order valence-corrected chi connectivity index (χ0v) is 9.57. The van der Waals surface area contributed by atoms with E-state index in [4.69, 9.17) is 0 Å². The van der Waals surface area contributed by atoms with E-state index in [0.29, 0.717) is 18.7 Å². The molecule has 0 aliphatic heterocycles. The van der Waals surface area contributed by atoms with Crippen molar-refractivity contribution in [1.29, 1.82) is 0 Å². The van der Waals surface area contributed by atoms with Crippen LogP contribution in [0.4, 0.5) is 0 Å². The van der Waals surface area contributed by atoms with E-state index in [1.165, 1.54) is 12.4 Å². The van der Waals surface area contributed by atoms with E-state index in [2.05, 4.69) is 26.1 Å². The van der Waals surface area contributed by atoms with Crippen LogP contribution in [0.2, 0.25) is 0 Å². The smallest absolute Gasteiger partial charge is 0.255 e. The van der Waals surface area contributed by atoms with Crippen LogP contribution in [0.15, 0.2) is 18.5 Å². The largest absolute Gasteiger partial charge is 0.338 e. The molecule has 0 aliphatic rings. The van der Waals surface area contributed by atoms with Crippen molar-refractivity contribution >= 4 is 21.8 Å². The number of rotatable bonds is 4. The molecule has 14 heavy (non-hydrogen) atoms. The Balaban J connectivity index is 2.73. The average Bonchev–Trinajstić information content (AvgIpc) is 2.26. The number of halogens is 1. The molecule has 0 bridgehead atoms. The molecule has 0 saturated carbocycles. The summed E-state index contributed by atoms with van der Waals surface area (Å²) in [6.45, 7) is 3.36. The maximum absolute atomic E-state index is 11.8. The summed E-state index contributed by atoms with van der Waals surface area (Å²) in [5, 5.41) is 8.09. The normalized spacial score (nSPS) is 9.86. The fourth-order valence-electron chi connectivity index (χ4n) is 1.11. The lowest BCUT2D eigenvalue weighted by Gasteiger charge is -2.19. The highest BCUT2D eigenvalue weighted by Gasteiger charge is 2.12. The van der Waals surface area contributed by atoms with Crippen molar-refractivity contribution in [3.8, 4) is 0 Å². The van der Waals surface area contributed by atoms with Crippen LogP contribution in [-0.4, -0.2) is 39.4 Å². The summed E-state index contributed by atoms with van der Waals surface area (Å²) in [5.41, 5.74) is 0.586. The molecule has 76 valence electrons. The summed E-state index contributed by atoms with van der Waals surface area (Å²) in [7, 11) is 0. The van der Waals surface area contributed by atoms with Gasteiger partial charge in [-0.25, -0.2) is 0 Å². The molecule has 0 aliphatic carbocycles. The molecule has 0 N–H and O–H groups in total. The van der Waals surface area contributed by atoms with Crippen molar-refractivity contribution in [1.82, 2.24) is 15.1 Å². The highest BCUT2D eigenvalue weighted by atomic mass is 79.9. The van der Waals surface area contributed by atoms with E-state index in [-0.39, 0.29) is 5.91 Å². The maximum Gasteiger partial charge on any atom is 0.255 e. The van der Waals surface area contributed by atoms with Crippen molar-refractivity contribution in [2.24, 2.45) is 0 Å². The first-order chi connectivity index (χ1) is 6.79. The minimum Gasteiger partial charge on any atom is -0.338 e. The second-order valence-corrected chi connectivity index (χ2v) is 3.50. The Kier molecular flexibility index (Phi) is 4.52. The number of hydrogen-bond acceptors (Lipinski definition) is 3. The highest BCUT2D eigenvalue weighted by molar-refractivity contribution is 9.09. The topological polar surface area (TPSA) is 46.1 Å². The second kappa shape index (κ2) is 5.70. The van der Waals surface area contributed by atoms with Gasteiger partial charge in [0.15, 0.2) is 0 Å². The SMILES string of the molecule is CCN(CCBr)C(=O)c1ccnnc1. The number of amides is 1. The van der Waals surface area contributed by atoms with E-state index in [1.807, 2.05) is 6.92 Å². The van der Waals surface area contributed by atoms with Crippen LogP contribution in [0.3, 0.4) is 0 Å². The van der Waals surface area contributed by atoms with E-state index in [0.717, 1.165) is 5.33 Å². The fourth-order valence-corrected chi connectivity index (χ4v) is 1.53. The Morgan fingerprint density at radius 2 is 2.36 bits per heavy atom. The Labute approximate surface area is 91.5 Å². The Morgan fingerprint density at radius 3 is 2.86 bits per heavy atom. The molecule has 0 radical (unpaired) electrons. The molecule has 5 heteroatoms. The molecule has 1 aromatic rings. The molecule has 0 unspecified atom stereocenters. The van der Waals surface area contributed by atoms with Crippen LogP contribution >= 0.6 is 15.9 Å². The Morgan fingerprint density at radius 1 is 1.57 bits per heavy atom. The minimum atomic E-state index is 0.00171. The number of aromatic nitrogens is 2. The van der Waals surface area contributed by atoms with Crippen LogP contribution < -0.4 is 0 Å². The summed E-state index contributed by atoms with van der Waals surface area (Å²) in [6.07, 6.45) is 3.01. The molecular formula is C9H12BrN3O.